The standard InChI is InChI=1S/C32H44N4O2/c1-5-32(6-2,27-14-13-26(24(3)22-27)17-20-31(37)18-9-7-10-19-31)28-15-16-29(25(4)23-28)38-21-11-8-12-30-33-35-36-34-30/h13-17,20,22-23,37H,5-12,18-19,21H2,1-4H3,(H,33,34,35,36). The average Bonchev–Trinajstić information content (AvgIpc) is 3.44. The number of tetrazole rings is 1. The van der Waals surface area contributed by atoms with Gasteiger partial charge in [-0.1, -0.05) is 75.6 Å². The van der Waals surface area contributed by atoms with Crippen molar-refractivity contribution in [2.24, 2.45) is 0 Å². The van der Waals surface area contributed by atoms with Gasteiger partial charge in [0, 0.05) is 11.8 Å². The zero-order valence-electron chi connectivity index (χ0n) is 23.6. The van der Waals surface area contributed by atoms with E-state index in [4.69, 9.17) is 4.74 Å². The van der Waals surface area contributed by atoms with Crippen LogP contribution in [0.2, 0.25) is 0 Å². The van der Waals surface area contributed by atoms with Gasteiger partial charge in [-0.05, 0) is 96.7 Å². The van der Waals surface area contributed by atoms with Crippen molar-refractivity contribution in [2.45, 2.75) is 103 Å². The number of hydrogen-bond acceptors (Lipinski definition) is 5. The highest BCUT2D eigenvalue weighted by atomic mass is 16.5. The first kappa shape index (κ1) is 28.0. The molecule has 0 amide bonds. The first-order valence-corrected chi connectivity index (χ1v) is 14.4. The molecule has 0 spiro atoms. The molecule has 6 nitrogen and oxygen atoms in total. The maximum absolute atomic E-state index is 10.9. The Balaban J connectivity index is 1.46. The van der Waals surface area contributed by atoms with Gasteiger partial charge in [-0.3, -0.25) is 0 Å². The van der Waals surface area contributed by atoms with E-state index >= 15 is 0 Å². The number of unbranched alkanes of at least 4 members (excludes halogenated alkanes) is 1. The summed E-state index contributed by atoms with van der Waals surface area (Å²) < 4.78 is 6.13. The number of aromatic amines is 1. The molecular weight excluding hydrogens is 472 g/mol. The van der Waals surface area contributed by atoms with Crippen molar-refractivity contribution in [3.63, 3.8) is 0 Å². The SMILES string of the molecule is CCC(CC)(c1ccc(C=CC2(O)CCCCC2)c(C)c1)c1ccc(OCCCCc2nnn[nH]2)c(C)c1. The number of nitrogens with one attached hydrogen (secondary N) is 1. The minimum absolute atomic E-state index is 0.0526. The average molecular weight is 517 g/mol. The van der Waals surface area contributed by atoms with Crippen molar-refractivity contribution in [1.82, 2.24) is 20.6 Å². The molecule has 2 aromatic carbocycles. The first-order chi connectivity index (χ1) is 18.4. The van der Waals surface area contributed by atoms with Gasteiger partial charge in [0.1, 0.15) is 11.6 Å². The van der Waals surface area contributed by atoms with Crippen molar-refractivity contribution < 1.29 is 9.84 Å². The lowest BCUT2D eigenvalue weighted by Gasteiger charge is -2.34. The molecule has 1 aromatic heterocycles. The predicted molar refractivity (Wildman–Crippen MR) is 153 cm³/mol. The molecule has 3 aromatic rings. The van der Waals surface area contributed by atoms with Gasteiger partial charge in [0.25, 0.3) is 0 Å². The molecule has 2 N–H and O–H groups in total. The van der Waals surface area contributed by atoms with E-state index in [0.717, 1.165) is 69.4 Å². The second kappa shape index (κ2) is 12.7. The van der Waals surface area contributed by atoms with E-state index < -0.39 is 5.60 Å². The maximum atomic E-state index is 10.9. The fourth-order valence-corrected chi connectivity index (χ4v) is 5.94. The lowest BCUT2D eigenvalue weighted by Crippen LogP contribution is -2.28. The largest absolute Gasteiger partial charge is 0.493 e. The van der Waals surface area contributed by atoms with Gasteiger partial charge in [-0.15, -0.1) is 5.10 Å². The lowest BCUT2D eigenvalue weighted by molar-refractivity contribution is 0.0521. The molecule has 6 heteroatoms. The highest BCUT2D eigenvalue weighted by Crippen LogP contribution is 2.41. The van der Waals surface area contributed by atoms with Crippen molar-refractivity contribution in [2.75, 3.05) is 6.61 Å². The van der Waals surface area contributed by atoms with E-state index in [1.165, 1.54) is 34.2 Å². The van der Waals surface area contributed by atoms with Crippen LogP contribution in [0.4, 0.5) is 0 Å². The number of aryl methyl sites for hydroxylation is 3. The molecule has 0 atom stereocenters. The van der Waals surface area contributed by atoms with Gasteiger partial charge in [-0.2, -0.15) is 0 Å². The first-order valence-electron chi connectivity index (χ1n) is 14.4. The fraction of sp³-hybridized carbons (Fsp3) is 0.531. The van der Waals surface area contributed by atoms with E-state index in [-0.39, 0.29) is 5.41 Å². The summed E-state index contributed by atoms with van der Waals surface area (Å²) in [7, 11) is 0. The summed E-state index contributed by atoms with van der Waals surface area (Å²) >= 11 is 0. The molecule has 1 fully saturated rings. The third kappa shape index (κ3) is 6.52. The van der Waals surface area contributed by atoms with Gasteiger partial charge in [-0.25, -0.2) is 5.10 Å². The van der Waals surface area contributed by atoms with Crippen molar-refractivity contribution in [3.05, 3.63) is 76.1 Å². The van der Waals surface area contributed by atoms with E-state index in [1.54, 1.807) is 0 Å². The normalized spacial score (nSPS) is 15.7. The summed E-state index contributed by atoms with van der Waals surface area (Å²) in [6.45, 7) is 9.58. The molecule has 0 radical (unpaired) electrons. The summed E-state index contributed by atoms with van der Waals surface area (Å²) in [6, 6.07) is 13.6. The van der Waals surface area contributed by atoms with Crippen LogP contribution in [0.3, 0.4) is 0 Å². The fourth-order valence-electron chi connectivity index (χ4n) is 5.94. The number of rotatable bonds is 12. The zero-order chi connectivity index (χ0) is 27.0. The smallest absolute Gasteiger partial charge is 0.148 e. The lowest BCUT2D eigenvalue weighted by atomic mass is 9.70. The Bertz CT molecular complexity index is 1190. The number of aliphatic hydroxyl groups is 1. The molecule has 1 saturated carbocycles. The number of benzene rings is 2. The van der Waals surface area contributed by atoms with Crippen molar-refractivity contribution in [1.29, 1.82) is 0 Å². The quantitative estimate of drug-likeness (QED) is 0.252. The van der Waals surface area contributed by atoms with Crippen LogP contribution < -0.4 is 4.74 Å². The third-order valence-corrected chi connectivity index (χ3v) is 8.50. The minimum atomic E-state index is -0.643. The van der Waals surface area contributed by atoms with E-state index in [0.29, 0.717) is 6.61 Å². The molecular formula is C32H44N4O2. The number of aromatic nitrogens is 4. The van der Waals surface area contributed by atoms with Gasteiger partial charge in [0.15, 0.2) is 0 Å². The summed E-state index contributed by atoms with van der Waals surface area (Å²) in [5.74, 6) is 1.77. The van der Waals surface area contributed by atoms with Crippen LogP contribution in [-0.2, 0) is 11.8 Å². The van der Waals surface area contributed by atoms with E-state index in [1.807, 2.05) is 6.08 Å². The third-order valence-electron chi connectivity index (χ3n) is 8.50. The molecule has 1 aliphatic carbocycles. The molecule has 1 heterocycles. The molecule has 0 aliphatic heterocycles. The molecule has 0 bridgehead atoms. The van der Waals surface area contributed by atoms with Crippen LogP contribution in [-0.4, -0.2) is 37.9 Å². The van der Waals surface area contributed by atoms with Crippen molar-refractivity contribution in [3.8, 4) is 5.75 Å². The summed E-state index contributed by atoms with van der Waals surface area (Å²) in [5, 5.41) is 24.9. The van der Waals surface area contributed by atoms with E-state index in [2.05, 4.69) is 90.8 Å². The van der Waals surface area contributed by atoms with Crippen LogP contribution in [0, 0.1) is 13.8 Å². The van der Waals surface area contributed by atoms with Crippen LogP contribution in [0.15, 0.2) is 42.5 Å². The van der Waals surface area contributed by atoms with Crippen molar-refractivity contribution >= 4 is 6.08 Å². The second-order valence-electron chi connectivity index (χ2n) is 11.0. The van der Waals surface area contributed by atoms with Crippen LogP contribution in [0.25, 0.3) is 6.08 Å². The number of ether oxygens (including phenoxy) is 1. The molecule has 0 unspecified atom stereocenters. The van der Waals surface area contributed by atoms with E-state index in [9.17, 15) is 5.11 Å². The van der Waals surface area contributed by atoms with Crippen LogP contribution in [0.5, 0.6) is 5.75 Å². The Kier molecular flexibility index (Phi) is 9.37. The topological polar surface area (TPSA) is 83.9 Å². The molecule has 204 valence electrons. The second-order valence-corrected chi connectivity index (χ2v) is 11.0. The van der Waals surface area contributed by atoms with Gasteiger partial charge < -0.3 is 9.84 Å². The Morgan fingerprint density at radius 1 is 0.974 bits per heavy atom. The highest BCUT2D eigenvalue weighted by molar-refractivity contribution is 5.57. The zero-order valence-corrected chi connectivity index (χ0v) is 23.6. The van der Waals surface area contributed by atoms with Crippen LogP contribution >= 0.6 is 0 Å². The molecule has 1 aliphatic rings. The Morgan fingerprint density at radius 3 is 2.32 bits per heavy atom. The van der Waals surface area contributed by atoms with Crippen LogP contribution in [0.1, 0.15) is 105 Å². The predicted octanol–water partition coefficient (Wildman–Crippen LogP) is 7.03. The molecule has 4 rings (SSSR count). The number of nitrogens with zero attached hydrogens (tertiary/aromatic N) is 3. The Morgan fingerprint density at radius 2 is 1.68 bits per heavy atom. The number of hydrogen-bond donors (Lipinski definition) is 2. The summed E-state index contributed by atoms with van der Waals surface area (Å²) in [4.78, 5) is 0. The van der Waals surface area contributed by atoms with Gasteiger partial charge in [0.05, 0.1) is 12.2 Å². The number of H-pyrrole nitrogens is 1. The Hall–Kier alpha value is -2.99. The van der Waals surface area contributed by atoms with Gasteiger partial charge >= 0.3 is 0 Å². The minimum Gasteiger partial charge on any atom is -0.493 e. The molecule has 0 saturated heterocycles. The van der Waals surface area contributed by atoms with Gasteiger partial charge in [0.2, 0.25) is 0 Å². The summed E-state index contributed by atoms with van der Waals surface area (Å²) in [5.41, 5.74) is 5.60. The molecule has 38 heavy (non-hydrogen) atoms. The monoisotopic (exact) mass is 516 g/mol. The Labute approximate surface area is 227 Å². The maximum Gasteiger partial charge on any atom is 0.148 e. The summed E-state index contributed by atoms with van der Waals surface area (Å²) in [6.07, 6.45) is 14.2. The highest BCUT2D eigenvalue weighted by Gasteiger charge is 2.31.